The van der Waals surface area contributed by atoms with Gasteiger partial charge in [-0.1, -0.05) is 18.2 Å². The van der Waals surface area contributed by atoms with Gasteiger partial charge in [0.2, 0.25) is 0 Å². The van der Waals surface area contributed by atoms with E-state index in [0.717, 1.165) is 22.7 Å². The molecule has 128 valence electrons. The highest BCUT2D eigenvalue weighted by molar-refractivity contribution is 5.95. The van der Waals surface area contributed by atoms with Crippen molar-refractivity contribution in [1.82, 2.24) is 20.5 Å². The van der Waals surface area contributed by atoms with Gasteiger partial charge < -0.3 is 10.1 Å². The maximum atomic E-state index is 12.3. The second-order valence-electron chi connectivity index (χ2n) is 5.79. The van der Waals surface area contributed by atoms with Crippen molar-refractivity contribution in [3.05, 3.63) is 77.4 Å². The molecule has 0 fully saturated rings. The average Bonchev–Trinajstić information content (AvgIpc) is 3.07. The molecule has 1 amide bonds. The monoisotopic (exact) mass is 336 g/mol. The summed E-state index contributed by atoms with van der Waals surface area (Å²) in [6.45, 7) is 4.16. The summed E-state index contributed by atoms with van der Waals surface area (Å²) < 4.78 is 5.79. The van der Waals surface area contributed by atoms with E-state index in [0.29, 0.717) is 12.2 Å². The topological polar surface area (TPSA) is 79.9 Å². The van der Waals surface area contributed by atoms with Crippen molar-refractivity contribution in [3.8, 4) is 5.75 Å². The smallest absolute Gasteiger partial charge is 0.255 e. The Morgan fingerprint density at radius 1 is 1.28 bits per heavy atom. The van der Waals surface area contributed by atoms with E-state index in [9.17, 15) is 4.79 Å². The molecular weight excluding hydrogens is 316 g/mol. The van der Waals surface area contributed by atoms with Crippen molar-refractivity contribution in [2.24, 2.45) is 0 Å². The number of amides is 1. The van der Waals surface area contributed by atoms with E-state index < -0.39 is 0 Å². The zero-order valence-corrected chi connectivity index (χ0v) is 14.2. The van der Waals surface area contributed by atoms with Crippen molar-refractivity contribution >= 4 is 5.91 Å². The number of pyridine rings is 1. The standard InChI is InChI=1S/C19H20N4O2/c1-13(22-19(24)18-11-21-23-14(18)2)15-6-5-8-17(10-15)25-12-16-7-3-4-9-20-16/h3-11,13H,12H2,1-2H3,(H,21,23)(H,22,24)/t13-/m0/s1. The molecular formula is C19H20N4O2. The number of aromatic nitrogens is 3. The molecule has 1 atom stereocenters. The summed E-state index contributed by atoms with van der Waals surface area (Å²) in [4.78, 5) is 16.5. The third kappa shape index (κ3) is 4.23. The molecule has 0 bridgehead atoms. The van der Waals surface area contributed by atoms with Gasteiger partial charge in [0.05, 0.1) is 23.5 Å². The molecule has 6 nitrogen and oxygen atoms in total. The van der Waals surface area contributed by atoms with Gasteiger partial charge in [-0.3, -0.25) is 14.9 Å². The third-order valence-corrected chi connectivity index (χ3v) is 3.89. The summed E-state index contributed by atoms with van der Waals surface area (Å²) >= 11 is 0. The van der Waals surface area contributed by atoms with E-state index in [1.807, 2.05) is 56.3 Å². The molecule has 3 rings (SSSR count). The zero-order chi connectivity index (χ0) is 17.6. The second kappa shape index (κ2) is 7.61. The summed E-state index contributed by atoms with van der Waals surface area (Å²) in [6, 6.07) is 13.3. The number of nitrogens with one attached hydrogen (secondary N) is 2. The Labute approximate surface area is 146 Å². The fraction of sp³-hybridized carbons (Fsp3) is 0.211. The van der Waals surface area contributed by atoms with E-state index in [1.54, 1.807) is 6.20 Å². The fourth-order valence-electron chi connectivity index (χ4n) is 2.45. The molecule has 0 aliphatic rings. The van der Waals surface area contributed by atoms with Crippen LogP contribution in [0.1, 0.15) is 40.3 Å². The molecule has 3 aromatic rings. The normalized spacial score (nSPS) is 11.8. The van der Waals surface area contributed by atoms with Crippen molar-refractivity contribution in [3.63, 3.8) is 0 Å². The predicted molar refractivity (Wildman–Crippen MR) is 94.2 cm³/mol. The average molecular weight is 336 g/mol. The van der Waals surface area contributed by atoms with Gasteiger partial charge >= 0.3 is 0 Å². The van der Waals surface area contributed by atoms with E-state index in [2.05, 4.69) is 20.5 Å². The lowest BCUT2D eigenvalue weighted by atomic mass is 10.1. The van der Waals surface area contributed by atoms with Gasteiger partial charge in [-0.2, -0.15) is 5.10 Å². The van der Waals surface area contributed by atoms with Gasteiger partial charge in [0.15, 0.2) is 0 Å². The maximum absolute atomic E-state index is 12.3. The van der Waals surface area contributed by atoms with Crippen molar-refractivity contribution in [2.45, 2.75) is 26.5 Å². The first-order valence-corrected chi connectivity index (χ1v) is 8.07. The number of nitrogens with zero attached hydrogens (tertiary/aromatic N) is 2. The minimum atomic E-state index is -0.154. The van der Waals surface area contributed by atoms with Crippen LogP contribution >= 0.6 is 0 Å². The number of rotatable bonds is 6. The second-order valence-corrected chi connectivity index (χ2v) is 5.79. The Balaban J connectivity index is 1.64. The molecule has 0 saturated carbocycles. The van der Waals surface area contributed by atoms with Crippen LogP contribution in [0.2, 0.25) is 0 Å². The van der Waals surface area contributed by atoms with Crippen LogP contribution in [-0.4, -0.2) is 21.1 Å². The molecule has 2 aromatic heterocycles. The summed E-state index contributed by atoms with van der Waals surface area (Å²) in [5.41, 5.74) is 3.13. The van der Waals surface area contributed by atoms with Gasteiger partial charge in [-0.15, -0.1) is 0 Å². The first-order chi connectivity index (χ1) is 12.1. The summed E-state index contributed by atoms with van der Waals surface area (Å²) in [6.07, 6.45) is 3.27. The first-order valence-electron chi connectivity index (χ1n) is 8.07. The number of H-pyrrole nitrogens is 1. The molecule has 0 aliphatic carbocycles. The number of hydrogen-bond donors (Lipinski definition) is 2. The summed E-state index contributed by atoms with van der Waals surface area (Å²) in [5, 5.41) is 9.62. The van der Waals surface area contributed by atoms with Gasteiger partial charge in [-0.25, -0.2) is 0 Å². The van der Waals surface area contributed by atoms with E-state index in [4.69, 9.17) is 4.74 Å². The highest BCUT2D eigenvalue weighted by Gasteiger charge is 2.15. The zero-order valence-electron chi connectivity index (χ0n) is 14.2. The number of aryl methyl sites for hydroxylation is 1. The van der Waals surface area contributed by atoms with Crippen LogP contribution in [0, 0.1) is 6.92 Å². The van der Waals surface area contributed by atoms with Crippen molar-refractivity contribution in [1.29, 1.82) is 0 Å². The fourth-order valence-corrected chi connectivity index (χ4v) is 2.45. The molecule has 25 heavy (non-hydrogen) atoms. The molecule has 6 heteroatoms. The predicted octanol–water partition coefficient (Wildman–Crippen LogP) is 3.18. The molecule has 2 heterocycles. The largest absolute Gasteiger partial charge is 0.487 e. The van der Waals surface area contributed by atoms with Crippen molar-refractivity contribution in [2.75, 3.05) is 0 Å². The molecule has 0 saturated heterocycles. The van der Waals surface area contributed by atoms with Gasteiger partial charge in [0.1, 0.15) is 12.4 Å². The Hall–Kier alpha value is -3.15. The highest BCUT2D eigenvalue weighted by Crippen LogP contribution is 2.20. The Kier molecular flexibility index (Phi) is 5.09. The van der Waals surface area contributed by atoms with E-state index >= 15 is 0 Å². The number of carbonyl (C=O) groups is 1. The van der Waals surface area contributed by atoms with Crippen LogP contribution in [0.5, 0.6) is 5.75 Å². The molecule has 0 aliphatic heterocycles. The SMILES string of the molecule is Cc1[nH]ncc1C(=O)N[C@@H](C)c1cccc(OCc2ccccn2)c1. The van der Waals surface area contributed by atoms with Crippen LogP contribution in [0.4, 0.5) is 0 Å². The summed E-state index contributed by atoms with van der Waals surface area (Å²) in [7, 11) is 0. The number of carbonyl (C=O) groups excluding carboxylic acids is 1. The van der Waals surface area contributed by atoms with Crippen LogP contribution in [0.15, 0.2) is 54.9 Å². The molecule has 0 spiro atoms. The lowest BCUT2D eigenvalue weighted by Gasteiger charge is -2.15. The van der Waals surface area contributed by atoms with Crippen molar-refractivity contribution < 1.29 is 9.53 Å². The third-order valence-electron chi connectivity index (χ3n) is 3.89. The molecule has 0 unspecified atom stereocenters. The number of ether oxygens (including phenoxy) is 1. The lowest BCUT2D eigenvalue weighted by Crippen LogP contribution is -2.26. The van der Waals surface area contributed by atoms with Crippen LogP contribution in [-0.2, 0) is 6.61 Å². The van der Waals surface area contributed by atoms with Crippen LogP contribution < -0.4 is 10.1 Å². The number of aromatic amines is 1. The molecule has 2 N–H and O–H groups in total. The summed E-state index contributed by atoms with van der Waals surface area (Å²) in [5.74, 6) is 0.585. The number of hydrogen-bond acceptors (Lipinski definition) is 4. The van der Waals surface area contributed by atoms with Crippen LogP contribution in [0.3, 0.4) is 0 Å². The molecule has 0 radical (unpaired) electrons. The van der Waals surface area contributed by atoms with Gasteiger partial charge in [0.25, 0.3) is 5.91 Å². The quantitative estimate of drug-likeness (QED) is 0.724. The van der Waals surface area contributed by atoms with E-state index in [1.165, 1.54) is 6.20 Å². The van der Waals surface area contributed by atoms with Crippen LogP contribution in [0.25, 0.3) is 0 Å². The Morgan fingerprint density at radius 2 is 2.16 bits per heavy atom. The maximum Gasteiger partial charge on any atom is 0.255 e. The highest BCUT2D eigenvalue weighted by atomic mass is 16.5. The Morgan fingerprint density at radius 3 is 2.88 bits per heavy atom. The minimum Gasteiger partial charge on any atom is -0.487 e. The number of benzene rings is 1. The van der Waals surface area contributed by atoms with Gasteiger partial charge in [0, 0.05) is 11.9 Å². The van der Waals surface area contributed by atoms with E-state index in [-0.39, 0.29) is 11.9 Å². The minimum absolute atomic E-state index is 0.153. The first kappa shape index (κ1) is 16.7. The molecule has 1 aromatic carbocycles. The lowest BCUT2D eigenvalue weighted by molar-refractivity contribution is 0.0939. The van der Waals surface area contributed by atoms with Gasteiger partial charge in [-0.05, 0) is 43.7 Å². The Bertz CT molecular complexity index is 845.